The van der Waals surface area contributed by atoms with Gasteiger partial charge in [-0.05, 0) is 74.1 Å². The summed E-state index contributed by atoms with van der Waals surface area (Å²) >= 11 is 5.26. The number of rotatable bonds is 6. The van der Waals surface area contributed by atoms with E-state index in [9.17, 15) is 9.59 Å². The minimum atomic E-state index is -0.334. The molecule has 0 aliphatic carbocycles. The van der Waals surface area contributed by atoms with Crippen LogP contribution in [0.4, 0.5) is 11.4 Å². The van der Waals surface area contributed by atoms with Crippen LogP contribution in [0.5, 0.6) is 0 Å². The zero-order chi connectivity index (χ0) is 18.2. The van der Waals surface area contributed by atoms with E-state index < -0.39 is 0 Å². The molecule has 0 radical (unpaired) electrons. The first kappa shape index (κ1) is 18.6. The minimum absolute atomic E-state index is 0.0183. The molecule has 130 valence electrons. The number of nitrogens with one attached hydrogen (secondary N) is 2. The zero-order valence-electron chi connectivity index (χ0n) is 14.2. The molecule has 2 rings (SSSR count). The normalized spacial score (nSPS) is 10.0. The molecule has 0 amide bonds. The SMILES string of the molecule is CCCOC(=O)c1ccc(NC(=S)Nc2ccc(C(C)=O)cc2)cc1. The Bertz CT molecular complexity index is 755. The number of ether oxygens (including phenoxy) is 1. The van der Waals surface area contributed by atoms with Crippen LogP contribution in [0.15, 0.2) is 48.5 Å². The highest BCUT2D eigenvalue weighted by Gasteiger charge is 2.07. The van der Waals surface area contributed by atoms with Crippen LogP contribution in [0.2, 0.25) is 0 Å². The minimum Gasteiger partial charge on any atom is -0.462 e. The Hall–Kier alpha value is -2.73. The molecule has 0 unspecified atom stereocenters. The van der Waals surface area contributed by atoms with Gasteiger partial charge in [-0.1, -0.05) is 6.92 Å². The number of carbonyl (C=O) groups is 2. The first-order valence-electron chi connectivity index (χ1n) is 7.96. The number of anilines is 2. The molecule has 0 saturated carbocycles. The van der Waals surface area contributed by atoms with Crippen LogP contribution in [0.3, 0.4) is 0 Å². The van der Waals surface area contributed by atoms with E-state index in [4.69, 9.17) is 17.0 Å². The number of hydrogen-bond donors (Lipinski definition) is 2. The number of hydrogen-bond acceptors (Lipinski definition) is 4. The van der Waals surface area contributed by atoms with E-state index in [1.165, 1.54) is 6.92 Å². The predicted octanol–water partition coefficient (Wildman–Crippen LogP) is 4.26. The first-order valence-corrected chi connectivity index (χ1v) is 8.36. The van der Waals surface area contributed by atoms with E-state index in [2.05, 4.69) is 10.6 Å². The van der Waals surface area contributed by atoms with Gasteiger partial charge < -0.3 is 15.4 Å². The molecule has 0 bridgehead atoms. The van der Waals surface area contributed by atoms with Gasteiger partial charge in [-0.3, -0.25) is 4.79 Å². The van der Waals surface area contributed by atoms with Gasteiger partial charge in [0.05, 0.1) is 12.2 Å². The summed E-state index contributed by atoms with van der Waals surface area (Å²) in [6.07, 6.45) is 0.790. The van der Waals surface area contributed by atoms with Crippen molar-refractivity contribution in [3.63, 3.8) is 0 Å². The highest BCUT2D eigenvalue weighted by Crippen LogP contribution is 2.13. The standard InChI is InChI=1S/C19H20N2O3S/c1-3-12-24-18(23)15-6-10-17(11-7-15)21-19(25)20-16-8-4-14(5-9-16)13(2)22/h4-11H,3,12H2,1-2H3,(H2,20,21,25). The van der Waals surface area contributed by atoms with Crippen LogP contribution in [0.1, 0.15) is 41.0 Å². The summed E-state index contributed by atoms with van der Waals surface area (Å²) in [4.78, 5) is 23.0. The molecule has 2 aromatic carbocycles. The summed E-state index contributed by atoms with van der Waals surface area (Å²) in [5, 5.41) is 6.49. The van der Waals surface area contributed by atoms with Gasteiger partial charge in [0, 0.05) is 16.9 Å². The Kier molecular flexibility index (Phi) is 6.65. The Labute approximate surface area is 152 Å². The smallest absolute Gasteiger partial charge is 0.338 e. The second-order valence-electron chi connectivity index (χ2n) is 5.43. The average molecular weight is 356 g/mol. The molecule has 25 heavy (non-hydrogen) atoms. The fraction of sp³-hybridized carbons (Fsp3) is 0.211. The van der Waals surface area contributed by atoms with Crippen molar-refractivity contribution in [1.29, 1.82) is 0 Å². The molecule has 2 N–H and O–H groups in total. The van der Waals surface area contributed by atoms with Crippen LogP contribution in [-0.2, 0) is 4.74 Å². The largest absolute Gasteiger partial charge is 0.462 e. The highest BCUT2D eigenvalue weighted by molar-refractivity contribution is 7.80. The number of Topliss-reactive ketones (excluding diaryl/α,β-unsaturated/α-hetero) is 1. The fourth-order valence-electron chi connectivity index (χ4n) is 2.05. The third kappa shape index (κ3) is 5.69. The molecule has 2 aromatic rings. The Morgan fingerprint density at radius 3 is 1.84 bits per heavy atom. The summed E-state index contributed by atoms with van der Waals surface area (Å²) in [6, 6.07) is 13.9. The number of thiocarbonyl (C=S) groups is 1. The number of ketones is 1. The summed E-state index contributed by atoms with van der Waals surface area (Å²) in [5.74, 6) is -0.315. The second-order valence-corrected chi connectivity index (χ2v) is 5.83. The van der Waals surface area contributed by atoms with Crippen LogP contribution in [-0.4, -0.2) is 23.5 Å². The van der Waals surface area contributed by atoms with Gasteiger partial charge in [-0.15, -0.1) is 0 Å². The van der Waals surface area contributed by atoms with E-state index in [1.54, 1.807) is 48.5 Å². The van der Waals surface area contributed by atoms with Crippen molar-refractivity contribution < 1.29 is 14.3 Å². The lowest BCUT2D eigenvalue weighted by Gasteiger charge is -2.11. The van der Waals surface area contributed by atoms with E-state index >= 15 is 0 Å². The maximum absolute atomic E-state index is 11.7. The molecule has 0 heterocycles. The topological polar surface area (TPSA) is 67.4 Å². The molecule has 0 spiro atoms. The Balaban J connectivity index is 1.91. The number of esters is 1. The molecule has 6 heteroatoms. The van der Waals surface area contributed by atoms with E-state index in [1.807, 2.05) is 6.92 Å². The van der Waals surface area contributed by atoms with E-state index in [0.29, 0.717) is 22.8 Å². The molecular formula is C19H20N2O3S. The maximum Gasteiger partial charge on any atom is 0.338 e. The lowest BCUT2D eigenvalue weighted by molar-refractivity contribution is 0.0505. The van der Waals surface area contributed by atoms with Crippen LogP contribution >= 0.6 is 12.2 Å². The molecule has 0 aromatic heterocycles. The van der Waals surface area contributed by atoms with Crippen LogP contribution < -0.4 is 10.6 Å². The Morgan fingerprint density at radius 2 is 1.40 bits per heavy atom. The summed E-state index contributed by atoms with van der Waals surface area (Å²) in [7, 11) is 0. The third-order valence-electron chi connectivity index (χ3n) is 3.37. The van der Waals surface area contributed by atoms with Crippen molar-refractivity contribution in [3.05, 3.63) is 59.7 Å². The quantitative estimate of drug-likeness (QED) is 0.458. The van der Waals surface area contributed by atoms with Crippen molar-refractivity contribution in [1.82, 2.24) is 0 Å². The first-order chi connectivity index (χ1) is 12.0. The van der Waals surface area contributed by atoms with Crippen LogP contribution in [0.25, 0.3) is 0 Å². The van der Waals surface area contributed by atoms with Crippen molar-refractivity contribution >= 4 is 40.5 Å². The lowest BCUT2D eigenvalue weighted by Crippen LogP contribution is -2.19. The third-order valence-corrected chi connectivity index (χ3v) is 3.57. The van der Waals surface area contributed by atoms with Gasteiger partial charge in [-0.2, -0.15) is 0 Å². The molecule has 0 atom stereocenters. The number of carbonyl (C=O) groups excluding carboxylic acids is 2. The molecule has 0 saturated heterocycles. The van der Waals surface area contributed by atoms with Crippen molar-refractivity contribution in [2.24, 2.45) is 0 Å². The molecule has 0 aliphatic heterocycles. The van der Waals surface area contributed by atoms with Gasteiger partial charge in [0.1, 0.15) is 0 Å². The summed E-state index contributed by atoms with van der Waals surface area (Å²) < 4.78 is 5.08. The van der Waals surface area contributed by atoms with Gasteiger partial charge in [0.25, 0.3) is 0 Å². The molecule has 0 aliphatic rings. The summed E-state index contributed by atoms with van der Waals surface area (Å²) in [6.45, 7) is 3.88. The Morgan fingerprint density at radius 1 is 0.920 bits per heavy atom. The number of benzene rings is 2. The second kappa shape index (κ2) is 8.94. The van der Waals surface area contributed by atoms with E-state index in [-0.39, 0.29) is 11.8 Å². The van der Waals surface area contributed by atoms with Crippen molar-refractivity contribution in [3.8, 4) is 0 Å². The van der Waals surface area contributed by atoms with Crippen molar-refractivity contribution in [2.45, 2.75) is 20.3 Å². The van der Waals surface area contributed by atoms with Gasteiger partial charge >= 0.3 is 5.97 Å². The molecular weight excluding hydrogens is 336 g/mol. The highest BCUT2D eigenvalue weighted by atomic mass is 32.1. The summed E-state index contributed by atoms with van der Waals surface area (Å²) in [5.41, 5.74) is 2.68. The molecule has 5 nitrogen and oxygen atoms in total. The van der Waals surface area contributed by atoms with Gasteiger partial charge in [0.15, 0.2) is 10.9 Å². The average Bonchev–Trinajstić information content (AvgIpc) is 2.60. The maximum atomic E-state index is 11.7. The predicted molar refractivity (Wildman–Crippen MR) is 103 cm³/mol. The van der Waals surface area contributed by atoms with E-state index in [0.717, 1.165) is 17.8 Å². The van der Waals surface area contributed by atoms with Crippen molar-refractivity contribution in [2.75, 3.05) is 17.2 Å². The van der Waals surface area contributed by atoms with Gasteiger partial charge in [0.2, 0.25) is 0 Å². The fourth-order valence-corrected chi connectivity index (χ4v) is 2.29. The molecule has 0 fully saturated rings. The monoisotopic (exact) mass is 356 g/mol. The van der Waals surface area contributed by atoms with Gasteiger partial charge in [-0.25, -0.2) is 4.79 Å². The lowest BCUT2D eigenvalue weighted by atomic mass is 10.1. The zero-order valence-corrected chi connectivity index (χ0v) is 15.0. The van der Waals surface area contributed by atoms with Crippen LogP contribution in [0, 0.1) is 0 Å².